The smallest absolute Gasteiger partial charge is 0.339 e. The van der Waals surface area contributed by atoms with Gasteiger partial charge in [-0.05, 0) is 30.3 Å². The molecule has 1 aromatic carbocycles. The highest BCUT2D eigenvalue weighted by atomic mass is 16.5. The minimum Gasteiger partial charge on any atom is -0.465 e. The minimum atomic E-state index is -0.635. The molecule has 0 spiro atoms. The van der Waals surface area contributed by atoms with Crippen LogP contribution in [0.4, 0.5) is 10.5 Å². The van der Waals surface area contributed by atoms with Gasteiger partial charge in [0.15, 0.2) is 0 Å². The average Bonchev–Trinajstić information content (AvgIpc) is 2.49. The maximum atomic E-state index is 11.3. The molecule has 0 saturated carbocycles. The van der Waals surface area contributed by atoms with E-state index in [9.17, 15) is 9.59 Å². The first-order valence-electron chi connectivity index (χ1n) is 5.97. The first-order chi connectivity index (χ1) is 10.1. The van der Waals surface area contributed by atoms with Crippen molar-refractivity contribution in [1.82, 2.24) is 4.98 Å². The van der Waals surface area contributed by atoms with Crippen LogP contribution in [0.3, 0.4) is 0 Å². The van der Waals surface area contributed by atoms with Crippen LogP contribution in [0.25, 0.3) is 0 Å². The largest absolute Gasteiger partial charge is 0.465 e. The molecule has 7 heteroatoms. The average molecular weight is 287 g/mol. The van der Waals surface area contributed by atoms with Crippen LogP contribution >= 0.6 is 0 Å². The number of ether oxygens (including phenoxy) is 2. The van der Waals surface area contributed by atoms with Crippen molar-refractivity contribution < 1.29 is 19.1 Å². The lowest BCUT2D eigenvalue weighted by Gasteiger charge is -2.06. The molecular weight excluding hydrogens is 274 g/mol. The van der Waals surface area contributed by atoms with Crippen molar-refractivity contribution in [1.29, 1.82) is 0 Å². The van der Waals surface area contributed by atoms with Crippen LogP contribution in [0.15, 0.2) is 42.6 Å². The minimum absolute atomic E-state index is 0.332. The van der Waals surface area contributed by atoms with Crippen LogP contribution in [0.5, 0.6) is 11.6 Å². The zero-order chi connectivity index (χ0) is 15.2. The summed E-state index contributed by atoms with van der Waals surface area (Å²) in [6, 6.07) is 9.07. The zero-order valence-corrected chi connectivity index (χ0v) is 11.2. The van der Waals surface area contributed by atoms with Gasteiger partial charge >= 0.3 is 12.0 Å². The van der Waals surface area contributed by atoms with Crippen molar-refractivity contribution in [2.24, 2.45) is 5.73 Å². The van der Waals surface area contributed by atoms with Gasteiger partial charge < -0.3 is 20.5 Å². The molecule has 0 aliphatic carbocycles. The van der Waals surface area contributed by atoms with E-state index in [0.29, 0.717) is 22.9 Å². The van der Waals surface area contributed by atoms with Crippen molar-refractivity contribution in [2.75, 3.05) is 12.4 Å². The summed E-state index contributed by atoms with van der Waals surface area (Å²) in [5.74, 6) is 0.400. The Morgan fingerprint density at radius 3 is 2.38 bits per heavy atom. The van der Waals surface area contributed by atoms with Crippen LogP contribution in [-0.4, -0.2) is 24.1 Å². The molecule has 3 N–H and O–H groups in total. The summed E-state index contributed by atoms with van der Waals surface area (Å²) in [5, 5.41) is 2.44. The highest BCUT2D eigenvalue weighted by Gasteiger charge is 2.06. The molecule has 0 atom stereocenters. The number of carbonyl (C=O) groups excluding carboxylic acids is 2. The second kappa shape index (κ2) is 6.38. The van der Waals surface area contributed by atoms with Gasteiger partial charge in [0.2, 0.25) is 5.88 Å². The molecule has 1 heterocycles. The molecule has 7 nitrogen and oxygen atoms in total. The Labute approximate surface area is 120 Å². The number of urea groups is 1. The molecule has 2 rings (SSSR count). The molecule has 0 aliphatic heterocycles. The fraction of sp³-hybridized carbons (Fsp3) is 0.0714. The van der Waals surface area contributed by atoms with Gasteiger partial charge in [0.25, 0.3) is 0 Å². The van der Waals surface area contributed by atoms with E-state index < -0.39 is 12.0 Å². The van der Waals surface area contributed by atoms with E-state index in [1.807, 2.05) is 0 Å². The summed E-state index contributed by atoms with van der Waals surface area (Å²) in [6.07, 6.45) is 1.37. The monoisotopic (exact) mass is 287 g/mol. The third-order valence-electron chi connectivity index (χ3n) is 2.50. The van der Waals surface area contributed by atoms with Crippen molar-refractivity contribution in [3.63, 3.8) is 0 Å². The Balaban J connectivity index is 2.04. The van der Waals surface area contributed by atoms with E-state index in [1.54, 1.807) is 36.4 Å². The predicted octanol–water partition coefficient (Wildman–Crippen LogP) is 2.15. The number of amides is 2. The van der Waals surface area contributed by atoms with Gasteiger partial charge in [-0.25, -0.2) is 14.6 Å². The number of aromatic nitrogens is 1. The summed E-state index contributed by atoms with van der Waals surface area (Å²) in [6.45, 7) is 0. The number of primary amides is 1. The third-order valence-corrected chi connectivity index (χ3v) is 2.50. The second-order valence-electron chi connectivity index (χ2n) is 3.99. The first kappa shape index (κ1) is 14.3. The number of methoxy groups -OCH3 is 1. The summed E-state index contributed by atoms with van der Waals surface area (Å²) in [7, 11) is 1.30. The summed E-state index contributed by atoms with van der Waals surface area (Å²) in [5.41, 5.74) is 5.90. The van der Waals surface area contributed by atoms with Crippen molar-refractivity contribution in [2.45, 2.75) is 0 Å². The Hall–Kier alpha value is -3.09. The number of pyridine rings is 1. The van der Waals surface area contributed by atoms with Crippen molar-refractivity contribution in [3.8, 4) is 11.6 Å². The van der Waals surface area contributed by atoms with Gasteiger partial charge in [-0.3, -0.25) is 0 Å². The summed E-state index contributed by atoms with van der Waals surface area (Å²) < 4.78 is 10.1. The van der Waals surface area contributed by atoms with Crippen LogP contribution < -0.4 is 15.8 Å². The molecule has 108 valence electrons. The third kappa shape index (κ3) is 3.93. The predicted molar refractivity (Wildman–Crippen MR) is 75.3 cm³/mol. The summed E-state index contributed by atoms with van der Waals surface area (Å²) >= 11 is 0. The lowest BCUT2D eigenvalue weighted by atomic mass is 10.3. The van der Waals surface area contributed by atoms with Gasteiger partial charge in [-0.2, -0.15) is 0 Å². The van der Waals surface area contributed by atoms with Crippen LogP contribution in [-0.2, 0) is 4.74 Å². The molecule has 0 radical (unpaired) electrons. The highest BCUT2D eigenvalue weighted by molar-refractivity contribution is 5.89. The number of hydrogen-bond donors (Lipinski definition) is 2. The van der Waals surface area contributed by atoms with Gasteiger partial charge in [0.1, 0.15) is 5.75 Å². The number of rotatable bonds is 4. The molecule has 2 amide bonds. The van der Waals surface area contributed by atoms with Crippen LogP contribution in [0.2, 0.25) is 0 Å². The summed E-state index contributed by atoms with van der Waals surface area (Å²) in [4.78, 5) is 26.0. The SMILES string of the molecule is COC(=O)c1ccc(Oc2ccc(NC(N)=O)cc2)nc1. The quantitative estimate of drug-likeness (QED) is 0.838. The first-order valence-corrected chi connectivity index (χ1v) is 5.97. The highest BCUT2D eigenvalue weighted by Crippen LogP contribution is 2.21. The van der Waals surface area contributed by atoms with Crippen molar-refractivity contribution in [3.05, 3.63) is 48.2 Å². The molecule has 21 heavy (non-hydrogen) atoms. The molecule has 0 aliphatic rings. The molecule has 2 aromatic rings. The van der Waals surface area contributed by atoms with Gasteiger partial charge in [0, 0.05) is 18.0 Å². The van der Waals surface area contributed by atoms with Gasteiger partial charge in [0.05, 0.1) is 12.7 Å². The molecule has 0 fully saturated rings. The number of nitrogens with one attached hydrogen (secondary N) is 1. The van der Waals surface area contributed by atoms with Gasteiger partial charge in [-0.1, -0.05) is 0 Å². The lowest BCUT2D eigenvalue weighted by molar-refractivity contribution is 0.0600. The number of esters is 1. The Kier molecular flexibility index (Phi) is 4.35. The second-order valence-corrected chi connectivity index (χ2v) is 3.99. The van der Waals surface area contributed by atoms with E-state index in [4.69, 9.17) is 10.5 Å². The topological polar surface area (TPSA) is 104 Å². The van der Waals surface area contributed by atoms with E-state index in [1.165, 1.54) is 13.3 Å². The van der Waals surface area contributed by atoms with E-state index in [2.05, 4.69) is 15.0 Å². The van der Waals surface area contributed by atoms with E-state index in [-0.39, 0.29) is 0 Å². The molecule has 0 bridgehead atoms. The number of anilines is 1. The Bertz CT molecular complexity index is 638. The lowest BCUT2D eigenvalue weighted by Crippen LogP contribution is -2.19. The van der Waals surface area contributed by atoms with Crippen molar-refractivity contribution >= 4 is 17.7 Å². The fourth-order valence-corrected chi connectivity index (χ4v) is 1.55. The molecule has 0 unspecified atom stereocenters. The maximum absolute atomic E-state index is 11.3. The zero-order valence-electron chi connectivity index (χ0n) is 11.2. The normalized spacial score (nSPS) is 9.76. The number of nitrogens with zero attached hydrogens (tertiary/aromatic N) is 1. The standard InChI is InChI=1S/C14H13N3O4/c1-20-13(18)9-2-7-12(16-8-9)21-11-5-3-10(4-6-11)17-14(15)19/h2-8H,1H3,(H3,15,17,19). The van der Waals surface area contributed by atoms with E-state index >= 15 is 0 Å². The molecular formula is C14H13N3O4. The van der Waals surface area contributed by atoms with E-state index in [0.717, 1.165) is 0 Å². The number of hydrogen-bond acceptors (Lipinski definition) is 5. The Morgan fingerprint density at radius 2 is 1.86 bits per heavy atom. The van der Waals surface area contributed by atoms with Gasteiger partial charge in [-0.15, -0.1) is 0 Å². The molecule has 0 saturated heterocycles. The number of carbonyl (C=O) groups is 2. The maximum Gasteiger partial charge on any atom is 0.339 e. The number of nitrogens with two attached hydrogens (primary N) is 1. The number of benzene rings is 1. The fourth-order valence-electron chi connectivity index (χ4n) is 1.55. The molecule has 1 aromatic heterocycles. The Morgan fingerprint density at radius 1 is 1.14 bits per heavy atom. The van der Waals surface area contributed by atoms with Crippen LogP contribution in [0, 0.1) is 0 Å². The van der Waals surface area contributed by atoms with Crippen LogP contribution in [0.1, 0.15) is 10.4 Å².